The molecule has 0 amide bonds. The van der Waals surface area contributed by atoms with Crippen LogP contribution in [-0.2, 0) is 0 Å². The Morgan fingerprint density at radius 3 is 1.38 bits per heavy atom. The van der Waals surface area contributed by atoms with Gasteiger partial charge in [-0.15, -0.1) is 0 Å². The van der Waals surface area contributed by atoms with Gasteiger partial charge in [-0.2, -0.15) is 0 Å². The summed E-state index contributed by atoms with van der Waals surface area (Å²) in [6.07, 6.45) is 16.7. The largest absolute Gasteiger partial charge is 0.396 e. The monoisotopic (exact) mass is 452 g/mol. The Bertz CT molecular complexity index is 508. The van der Waals surface area contributed by atoms with Crippen LogP contribution in [0.2, 0.25) is 0 Å². The third-order valence-corrected chi connectivity index (χ3v) is 8.39. The van der Waals surface area contributed by atoms with E-state index >= 15 is 0 Å². The molecule has 4 nitrogen and oxygen atoms in total. The van der Waals surface area contributed by atoms with Crippen LogP contribution < -0.4 is 0 Å². The molecule has 0 aromatic carbocycles. The predicted octanol–water partition coefficient (Wildman–Crippen LogP) is 5.47. The van der Waals surface area contributed by atoms with Gasteiger partial charge in [-0.1, -0.05) is 65.5 Å². The average Bonchev–Trinajstić information content (AvgIpc) is 2.76. The van der Waals surface area contributed by atoms with Crippen molar-refractivity contribution in [3.05, 3.63) is 12.2 Å². The Morgan fingerprint density at radius 2 is 1.03 bits per heavy atom. The van der Waals surface area contributed by atoms with Crippen molar-refractivity contribution in [2.75, 3.05) is 13.2 Å². The highest BCUT2D eigenvalue weighted by molar-refractivity contribution is 5.02. The van der Waals surface area contributed by atoms with E-state index < -0.39 is 0 Å². The number of rotatable bonds is 12. The molecule has 6 unspecified atom stereocenters. The molecule has 2 aliphatic rings. The van der Waals surface area contributed by atoms with Crippen LogP contribution in [0.15, 0.2) is 12.2 Å². The first-order chi connectivity index (χ1) is 15.1. The van der Waals surface area contributed by atoms with Gasteiger partial charge in [0.25, 0.3) is 0 Å². The Balaban J connectivity index is 1.83. The molecule has 4 heteroatoms. The zero-order valence-corrected chi connectivity index (χ0v) is 21.3. The molecule has 0 radical (unpaired) electrons. The lowest BCUT2D eigenvalue weighted by atomic mass is 9.73. The molecule has 0 saturated heterocycles. The fourth-order valence-electron chi connectivity index (χ4n) is 5.79. The van der Waals surface area contributed by atoms with Crippen molar-refractivity contribution in [2.24, 2.45) is 34.5 Å². The van der Waals surface area contributed by atoms with Gasteiger partial charge in [-0.3, -0.25) is 0 Å². The summed E-state index contributed by atoms with van der Waals surface area (Å²) in [7, 11) is 0. The van der Waals surface area contributed by atoms with E-state index in [9.17, 15) is 20.4 Å². The lowest BCUT2D eigenvalue weighted by molar-refractivity contribution is 0.0232. The molecule has 188 valence electrons. The molecule has 0 aromatic rings. The lowest BCUT2D eigenvalue weighted by Crippen LogP contribution is -2.34. The molecule has 0 spiro atoms. The van der Waals surface area contributed by atoms with Crippen LogP contribution in [0.4, 0.5) is 0 Å². The van der Waals surface area contributed by atoms with Crippen molar-refractivity contribution in [1.82, 2.24) is 0 Å². The van der Waals surface area contributed by atoms with E-state index in [0.717, 1.165) is 77.0 Å². The van der Waals surface area contributed by atoms with E-state index in [1.165, 1.54) is 0 Å². The zero-order chi connectivity index (χ0) is 23.8. The van der Waals surface area contributed by atoms with Crippen molar-refractivity contribution in [2.45, 2.75) is 117 Å². The molecule has 0 heterocycles. The van der Waals surface area contributed by atoms with Gasteiger partial charge < -0.3 is 20.4 Å². The summed E-state index contributed by atoms with van der Waals surface area (Å²) in [6.45, 7) is 8.85. The molecule has 2 fully saturated rings. The van der Waals surface area contributed by atoms with Crippen molar-refractivity contribution < 1.29 is 20.4 Å². The van der Waals surface area contributed by atoms with Crippen LogP contribution in [-0.4, -0.2) is 45.8 Å². The Hall–Kier alpha value is -0.420. The molecule has 2 rings (SSSR count). The van der Waals surface area contributed by atoms with Gasteiger partial charge in [0.2, 0.25) is 0 Å². The lowest BCUT2D eigenvalue weighted by Gasteiger charge is -2.36. The highest BCUT2D eigenvalue weighted by Gasteiger charge is 2.33. The molecular weight excluding hydrogens is 400 g/mol. The first kappa shape index (κ1) is 27.8. The fourth-order valence-corrected chi connectivity index (χ4v) is 5.79. The maximum absolute atomic E-state index is 11.0. The third-order valence-electron chi connectivity index (χ3n) is 8.39. The van der Waals surface area contributed by atoms with Crippen molar-refractivity contribution >= 4 is 0 Å². The van der Waals surface area contributed by atoms with E-state index in [0.29, 0.717) is 11.8 Å². The summed E-state index contributed by atoms with van der Waals surface area (Å²) in [5.41, 5.74) is -0.0547. The van der Waals surface area contributed by atoms with Gasteiger partial charge in [0, 0.05) is 25.0 Å². The van der Waals surface area contributed by atoms with Gasteiger partial charge in [-0.25, -0.2) is 0 Å². The number of hydrogen-bond acceptors (Lipinski definition) is 4. The smallest absolute Gasteiger partial charge is 0.0630 e. The van der Waals surface area contributed by atoms with E-state index in [4.69, 9.17) is 0 Å². The molecule has 0 aliphatic heterocycles. The van der Waals surface area contributed by atoms with Crippen molar-refractivity contribution in [1.29, 1.82) is 0 Å². The van der Waals surface area contributed by atoms with Crippen LogP contribution in [0.5, 0.6) is 0 Å². The minimum Gasteiger partial charge on any atom is -0.396 e. The SMILES string of the molecule is CC(C)(CO)CCCC1CCCC(/C=C/C2CCCC(CCCC(C)(C)CO)C2O)C1O. The van der Waals surface area contributed by atoms with Crippen LogP contribution in [0, 0.1) is 34.5 Å². The summed E-state index contributed by atoms with van der Waals surface area (Å²) >= 11 is 0. The quantitative estimate of drug-likeness (QED) is 0.296. The standard InChI is InChI=1S/C28H52O4/c1-27(2,19-29)17-7-13-21-9-5-11-23(25(21)31)15-16-24-12-6-10-22(26(24)32)14-8-18-28(3,4)20-30/h15-16,21-26,29-32H,5-14,17-20H2,1-4H3/b16-15+. The van der Waals surface area contributed by atoms with Crippen molar-refractivity contribution in [3.63, 3.8) is 0 Å². The summed E-state index contributed by atoms with van der Waals surface area (Å²) in [5, 5.41) is 40.9. The highest BCUT2D eigenvalue weighted by Crippen LogP contribution is 2.38. The highest BCUT2D eigenvalue weighted by atomic mass is 16.3. The van der Waals surface area contributed by atoms with Crippen LogP contribution in [0.3, 0.4) is 0 Å². The van der Waals surface area contributed by atoms with Gasteiger partial charge in [0.1, 0.15) is 0 Å². The van der Waals surface area contributed by atoms with Crippen molar-refractivity contribution in [3.8, 4) is 0 Å². The van der Waals surface area contributed by atoms with Crippen LogP contribution in [0.25, 0.3) is 0 Å². The maximum atomic E-state index is 11.0. The molecule has 2 aliphatic carbocycles. The van der Waals surface area contributed by atoms with Crippen LogP contribution in [0.1, 0.15) is 105 Å². The zero-order valence-electron chi connectivity index (χ0n) is 21.3. The summed E-state index contributed by atoms with van der Waals surface area (Å²) in [5.74, 6) is 1.12. The van der Waals surface area contributed by atoms with E-state index in [-0.39, 0.29) is 48.1 Å². The summed E-state index contributed by atoms with van der Waals surface area (Å²) in [6, 6.07) is 0. The maximum Gasteiger partial charge on any atom is 0.0630 e. The number of aliphatic hydroxyl groups is 4. The summed E-state index contributed by atoms with van der Waals surface area (Å²) < 4.78 is 0. The Morgan fingerprint density at radius 1 is 0.656 bits per heavy atom. The topological polar surface area (TPSA) is 80.9 Å². The van der Waals surface area contributed by atoms with E-state index in [1.54, 1.807) is 0 Å². The Labute approximate surface area is 197 Å². The second kappa shape index (κ2) is 12.9. The second-order valence-electron chi connectivity index (χ2n) is 12.5. The van der Waals surface area contributed by atoms with Crippen LogP contribution >= 0.6 is 0 Å². The minimum atomic E-state index is -0.283. The molecule has 6 atom stereocenters. The number of aliphatic hydroxyl groups excluding tert-OH is 4. The van der Waals surface area contributed by atoms with E-state index in [1.807, 2.05) is 0 Å². The van der Waals surface area contributed by atoms with Gasteiger partial charge in [0.15, 0.2) is 0 Å². The molecular formula is C28H52O4. The average molecular weight is 453 g/mol. The normalized spacial score (nSPS) is 32.5. The molecule has 32 heavy (non-hydrogen) atoms. The molecule has 2 saturated carbocycles. The molecule has 0 bridgehead atoms. The fraction of sp³-hybridized carbons (Fsp3) is 0.929. The molecule has 4 N–H and O–H groups in total. The van der Waals surface area contributed by atoms with Gasteiger partial charge in [-0.05, 0) is 74.0 Å². The third kappa shape index (κ3) is 8.74. The van der Waals surface area contributed by atoms with E-state index in [2.05, 4.69) is 39.8 Å². The minimum absolute atomic E-state index is 0.0273. The first-order valence-electron chi connectivity index (χ1n) is 13.3. The first-order valence-corrected chi connectivity index (χ1v) is 13.3. The Kier molecular flexibility index (Phi) is 11.2. The second-order valence-corrected chi connectivity index (χ2v) is 12.5. The van der Waals surface area contributed by atoms with Gasteiger partial charge in [0.05, 0.1) is 12.2 Å². The number of hydrogen-bond donors (Lipinski definition) is 4. The van der Waals surface area contributed by atoms with Gasteiger partial charge >= 0.3 is 0 Å². The summed E-state index contributed by atoms with van der Waals surface area (Å²) in [4.78, 5) is 0. The predicted molar refractivity (Wildman–Crippen MR) is 132 cm³/mol. The molecule has 0 aromatic heterocycles.